The molecule has 3 aromatic rings. The number of nitrogens with zero attached hydrogens (tertiary/aromatic N) is 3. The molecular formula is C14H13N5. The molecule has 1 aromatic carbocycles. The van der Waals surface area contributed by atoms with Crippen molar-refractivity contribution in [2.45, 2.75) is 6.54 Å². The third kappa shape index (κ3) is 2.30. The first-order chi connectivity index (χ1) is 9.34. The summed E-state index contributed by atoms with van der Waals surface area (Å²) >= 11 is 0. The number of hydrogen-bond donors (Lipinski definition) is 2. The van der Waals surface area contributed by atoms with Gasteiger partial charge in [0.05, 0.1) is 12.2 Å². The average Bonchev–Trinajstić information content (AvgIpc) is 2.48. The predicted molar refractivity (Wildman–Crippen MR) is 75.5 cm³/mol. The molecule has 94 valence electrons. The summed E-state index contributed by atoms with van der Waals surface area (Å²) in [5, 5.41) is 5.37. The fraction of sp³-hybridized carbons (Fsp3) is 0.0714. The summed E-state index contributed by atoms with van der Waals surface area (Å²) in [5.74, 6) is 0. The van der Waals surface area contributed by atoms with Crippen LogP contribution in [-0.2, 0) is 6.54 Å². The Bertz CT molecular complexity index is 697. The number of rotatable bonds is 3. The first kappa shape index (κ1) is 11.4. The fourth-order valence-corrected chi connectivity index (χ4v) is 1.97. The van der Waals surface area contributed by atoms with Gasteiger partial charge in [0.15, 0.2) is 0 Å². The van der Waals surface area contributed by atoms with E-state index in [1.54, 1.807) is 24.9 Å². The number of nitrogens with one attached hydrogen (secondary N) is 1. The fourth-order valence-electron chi connectivity index (χ4n) is 1.97. The van der Waals surface area contributed by atoms with E-state index >= 15 is 0 Å². The molecule has 0 unspecified atom stereocenters. The van der Waals surface area contributed by atoms with Crippen molar-refractivity contribution in [3.63, 3.8) is 0 Å². The van der Waals surface area contributed by atoms with E-state index in [0.717, 1.165) is 27.8 Å². The van der Waals surface area contributed by atoms with Gasteiger partial charge < -0.3 is 11.1 Å². The van der Waals surface area contributed by atoms with Gasteiger partial charge in [0.1, 0.15) is 6.33 Å². The second kappa shape index (κ2) is 4.89. The van der Waals surface area contributed by atoms with Crippen molar-refractivity contribution in [2.75, 3.05) is 11.1 Å². The molecule has 2 heterocycles. The van der Waals surface area contributed by atoms with Crippen LogP contribution in [0.1, 0.15) is 5.69 Å². The Morgan fingerprint density at radius 3 is 2.74 bits per heavy atom. The van der Waals surface area contributed by atoms with Crippen LogP contribution >= 0.6 is 0 Å². The maximum absolute atomic E-state index is 5.94. The standard InChI is InChI=1S/C14H13N5/c15-13-1-2-14(11-4-6-16-8-12(11)13)18-7-10-3-5-17-9-19-10/h1-6,8-9,18H,7,15H2. The lowest BCUT2D eigenvalue weighted by Crippen LogP contribution is -2.02. The van der Waals surface area contributed by atoms with Crippen molar-refractivity contribution in [3.8, 4) is 0 Å². The Morgan fingerprint density at radius 1 is 1.00 bits per heavy atom. The summed E-state index contributed by atoms with van der Waals surface area (Å²) in [6.45, 7) is 0.643. The molecule has 0 amide bonds. The summed E-state index contributed by atoms with van der Waals surface area (Å²) in [6, 6.07) is 7.69. The second-order valence-corrected chi connectivity index (χ2v) is 4.18. The molecule has 3 rings (SSSR count). The van der Waals surface area contributed by atoms with Gasteiger partial charge in [0, 0.05) is 40.7 Å². The van der Waals surface area contributed by atoms with E-state index in [1.807, 2.05) is 24.3 Å². The molecule has 5 heteroatoms. The highest BCUT2D eigenvalue weighted by molar-refractivity contribution is 6.00. The highest BCUT2D eigenvalue weighted by atomic mass is 14.9. The van der Waals surface area contributed by atoms with Crippen molar-refractivity contribution >= 4 is 22.1 Å². The molecule has 0 radical (unpaired) electrons. The zero-order valence-electron chi connectivity index (χ0n) is 10.2. The van der Waals surface area contributed by atoms with E-state index in [2.05, 4.69) is 20.3 Å². The van der Waals surface area contributed by atoms with Gasteiger partial charge in [-0.05, 0) is 24.3 Å². The van der Waals surface area contributed by atoms with Crippen LogP contribution in [0.4, 0.5) is 11.4 Å². The molecule has 0 aliphatic heterocycles. The van der Waals surface area contributed by atoms with E-state index < -0.39 is 0 Å². The zero-order chi connectivity index (χ0) is 13.1. The number of anilines is 2. The normalized spacial score (nSPS) is 10.5. The predicted octanol–water partition coefficient (Wildman–Crippen LogP) is 2.22. The quantitative estimate of drug-likeness (QED) is 0.698. The summed E-state index contributed by atoms with van der Waals surface area (Å²) in [5.41, 5.74) is 8.63. The summed E-state index contributed by atoms with van der Waals surface area (Å²) < 4.78 is 0. The van der Waals surface area contributed by atoms with Crippen LogP contribution in [0.25, 0.3) is 10.8 Å². The molecule has 0 bridgehead atoms. The van der Waals surface area contributed by atoms with Crippen LogP contribution in [0, 0.1) is 0 Å². The van der Waals surface area contributed by atoms with Gasteiger partial charge in [-0.15, -0.1) is 0 Å². The van der Waals surface area contributed by atoms with Gasteiger partial charge >= 0.3 is 0 Å². The smallest absolute Gasteiger partial charge is 0.115 e. The molecule has 0 aliphatic rings. The number of nitrogen functional groups attached to an aromatic ring is 1. The molecular weight excluding hydrogens is 238 g/mol. The Morgan fingerprint density at radius 2 is 1.89 bits per heavy atom. The monoisotopic (exact) mass is 251 g/mol. The molecule has 2 aromatic heterocycles. The number of fused-ring (bicyclic) bond motifs is 1. The van der Waals surface area contributed by atoms with E-state index in [0.29, 0.717) is 6.54 Å². The van der Waals surface area contributed by atoms with Crippen molar-refractivity contribution in [2.24, 2.45) is 0 Å². The second-order valence-electron chi connectivity index (χ2n) is 4.18. The summed E-state index contributed by atoms with van der Waals surface area (Å²) in [7, 11) is 0. The first-order valence-corrected chi connectivity index (χ1v) is 5.95. The van der Waals surface area contributed by atoms with Crippen LogP contribution < -0.4 is 11.1 Å². The SMILES string of the molecule is Nc1ccc(NCc2ccncn2)c2ccncc12. The minimum absolute atomic E-state index is 0.643. The van der Waals surface area contributed by atoms with Crippen LogP contribution in [-0.4, -0.2) is 15.0 Å². The lowest BCUT2D eigenvalue weighted by atomic mass is 10.1. The Hall–Kier alpha value is -2.69. The van der Waals surface area contributed by atoms with Crippen molar-refractivity contribution in [1.82, 2.24) is 15.0 Å². The van der Waals surface area contributed by atoms with Gasteiger partial charge in [0.25, 0.3) is 0 Å². The van der Waals surface area contributed by atoms with Gasteiger partial charge in [-0.25, -0.2) is 9.97 Å². The Labute approximate surface area is 110 Å². The van der Waals surface area contributed by atoms with Gasteiger partial charge in [0.2, 0.25) is 0 Å². The number of aromatic nitrogens is 3. The maximum atomic E-state index is 5.94. The van der Waals surface area contributed by atoms with Crippen LogP contribution in [0.15, 0.2) is 49.2 Å². The van der Waals surface area contributed by atoms with Crippen molar-refractivity contribution in [3.05, 3.63) is 54.9 Å². The third-order valence-electron chi connectivity index (χ3n) is 2.95. The largest absolute Gasteiger partial charge is 0.398 e. The van der Waals surface area contributed by atoms with Gasteiger partial charge in [-0.1, -0.05) is 0 Å². The minimum atomic E-state index is 0.643. The molecule has 0 saturated carbocycles. The molecule has 0 aliphatic carbocycles. The van der Waals surface area contributed by atoms with E-state index in [4.69, 9.17) is 5.73 Å². The number of hydrogen-bond acceptors (Lipinski definition) is 5. The van der Waals surface area contributed by atoms with E-state index in [9.17, 15) is 0 Å². The summed E-state index contributed by atoms with van der Waals surface area (Å²) in [6.07, 6.45) is 6.81. The van der Waals surface area contributed by atoms with Gasteiger partial charge in [-0.3, -0.25) is 4.98 Å². The lowest BCUT2D eigenvalue weighted by Gasteiger charge is -2.10. The Kier molecular flexibility index (Phi) is 2.94. The highest BCUT2D eigenvalue weighted by Crippen LogP contribution is 2.27. The Balaban J connectivity index is 1.91. The third-order valence-corrected chi connectivity index (χ3v) is 2.95. The van der Waals surface area contributed by atoms with Gasteiger partial charge in [-0.2, -0.15) is 0 Å². The lowest BCUT2D eigenvalue weighted by molar-refractivity contribution is 1.01. The van der Waals surface area contributed by atoms with Crippen LogP contribution in [0.3, 0.4) is 0 Å². The molecule has 0 fully saturated rings. The maximum Gasteiger partial charge on any atom is 0.115 e. The van der Waals surface area contributed by atoms with Crippen LogP contribution in [0.2, 0.25) is 0 Å². The average molecular weight is 251 g/mol. The summed E-state index contributed by atoms with van der Waals surface area (Å²) in [4.78, 5) is 12.2. The molecule has 19 heavy (non-hydrogen) atoms. The van der Waals surface area contributed by atoms with Crippen molar-refractivity contribution in [1.29, 1.82) is 0 Å². The van der Waals surface area contributed by atoms with Crippen LogP contribution in [0.5, 0.6) is 0 Å². The van der Waals surface area contributed by atoms with Crippen molar-refractivity contribution < 1.29 is 0 Å². The number of nitrogens with two attached hydrogens (primary N) is 1. The van der Waals surface area contributed by atoms with E-state index in [1.165, 1.54) is 0 Å². The zero-order valence-corrected chi connectivity index (χ0v) is 10.2. The molecule has 0 spiro atoms. The minimum Gasteiger partial charge on any atom is -0.398 e. The molecule has 0 saturated heterocycles. The molecule has 3 N–H and O–H groups in total. The number of benzene rings is 1. The highest BCUT2D eigenvalue weighted by Gasteiger charge is 2.04. The molecule has 0 atom stereocenters. The number of pyridine rings is 1. The van der Waals surface area contributed by atoms with E-state index in [-0.39, 0.29) is 0 Å². The molecule has 5 nitrogen and oxygen atoms in total. The topological polar surface area (TPSA) is 76.7 Å². The first-order valence-electron chi connectivity index (χ1n) is 5.95.